The Morgan fingerprint density at radius 2 is 1.84 bits per heavy atom. The molecule has 7 heteroatoms. The van der Waals surface area contributed by atoms with Crippen LogP contribution in [0.2, 0.25) is 0 Å². The Kier molecular flexibility index (Phi) is 5.54. The van der Waals surface area contributed by atoms with E-state index in [2.05, 4.69) is 15.8 Å². The van der Waals surface area contributed by atoms with Crippen LogP contribution in [0.4, 0.5) is 4.39 Å². The van der Waals surface area contributed by atoms with Crippen LogP contribution in [0.3, 0.4) is 0 Å². The first-order valence-corrected chi connectivity index (χ1v) is 10.9. The molecule has 5 nitrogen and oxygen atoms in total. The van der Waals surface area contributed by atoms with Gasteiger partial charge in [-0.2, -0.15) is 5.26 Å². The first-order valence-electron chi connectivity index (χ1n) is 9.74. The molecule has 4 rings (SSSR count). The maximum Gasteiger partial charge on any atom is 0.181 e. The predicted octanol–water partition coefficient (Wildman–Crippen LogP) is 5.09. The second-order valence-electron chi connectivity index (χ2n) is 8.19. The first kappa shape index (κ1) is 21.1. The molecule has 0 aliphatic heterocycles. The van der Waals surface area contributed by atoms with Gasteiger partial charge < -0.3 is 4.55 Å². The maximum absolute atomic E-state index is 15.1. The van der Waals surface area contributed by atoms with Crippen molar-refractivity contribution in [1.82, 2.24) is 14.1 Å². The summed E-state index contributed by atoms with van der Waals surface area (Å²) in [6, 6.07) is 19.4. The lowest BCUT2D eigenvalue weighted by Gasteiger charge is -2.23. The number of fused-ring (bicyclic) bond motifs is 1. The number of nitriles is 1. The molecule has 2 aromatic carbocycles. The third-order valence-electron chi connectivity index (χ3n) is 4.65. The van der Waals surface area contributed by atoms with Crippen LogP contribution in [0.5, 0.6) is 0 Å². The van der Waals surface area contributed by atoms with Crippen LogP contribution >= 0.6 is 0 Å². The molecule has 1 atom stereocenters. The van der Waals surface area contributed by atoms with Crippen molar-refractivity contribution in [3.8, 4) is 28.5 Å². The molecule has 4 aromatic rings. The topological polar surface area (TPSA) is 76.2 Å². The second kappa shape index (κ2) is 8.16. The fourth-order valence-corrected chi connectivity index (χ4v) is 4.58. The number of nitrogens with one attached hydrogen (secondary N) is 1. The van der Waals surface area contributed by atoms with Gasteiger partial charge in [0.25, 0.3) is 0 Å². The molecular weight excluding hydrogens is 411 g/mol. The predicted molar refractivity (Wildman–Crippen MR) is 120 cm³/mol. The van der Waals surface area contributed by atoms with Crippen molar-refractivity contribution in [3.63, 3.8) is 0 Å². The van der Waals surface area contributed by atoms with E-state index in [0.29, 0.717) is 38.6 Å². The minimum Gasteiger partial charge on any atom is -0.593 e. The highest BCUT2D eigenvalue weighted by atomic mass is 32.2. The Morgan fingerprint density at radius 1 is 1.06 bits per heavy atom. The average Bonchev–Trinajstić information content (AvgIpc) is 3.16. The number of hydrogen-bond acceptors (Lipinski definition) is 4. The highest BCUT2D eigenvalue weighted by Crippen LogP contribution is 2.32. The highest BCUT2D eigenvalue weighted by Gasteiger charge is 2.24. The fourth-order valence-electron chi connectivity index (χ4n) is 3.32. The van der Waals surface area contributed by atoms with E-state index < -0.39 is 17.2 Å². The summed E-state index contributed by atoms with van der Waals surface area (Å²) in [5.74, 6) is -0.441. The molecule has 0 amide bonds. The second-order valence-corrected chi connectivity index (χ2v) is 9.37. The van der Waals surface area contributed by atoms with Gasteiger partial charge in [-0.3, -0.25) is 4.40 Å². The van der Waals surface area contributed by atoms with Crippen molar-refractivity contribution in [2.45, 2.75) is 31.2 Å². The molecule has 2 heterocycles. The molecule has 31 heavy (non-hydrogen) atoms. The summed E-state index contributed by atoms with van der Waals surface area (Å²) in [6.07, 6.45) is 1.65. The van der Waals surface area contributed by atoms with Crippen LogP contribution in [0, 0.1) is 17.1 Å². The Hall–Kier alpha value is -3.18. The Bertz CT molecular complexity index is 1300. The number of aromatic nitrogens is 2. The van der Waals surface area contributed by atoms with E-state index in [0.717, 1.165) is 0 Å². The van der Waals surface area contributed by atoms with Gasteiger partial charge in [0.2, 0.25) is 0 Å². The standard InChI is InChI=1S/C24H21FN4OS/c1-24(2,3)28-31(30)22-9-5-4-8-18(22)16-11-12-19(20(25)13-16)21-15-29-17(14-26)7-6-10-23(29)27-21/h4-13,15,28H,1-3H3. The smallest absolute Gasteiger partial charge is 0.181 e. The summed E-state index contributed by atoms with van der Waals surface area (Å²) in [6.45, 7) is 5.82. The summed E-state index contributed by atoms with van der Waals surface area (Å²) >= 11 is -1.45. The molecule has 2 aromatic heterocycles. The third-order valence-corrected chi connectivity index (χ3v) is 6.20. The molecule has 1 N–H and O–H groups in total. The number of benzene rings is 2. The summed E-state index contributed by atoms with van der Waals surface area (Å²) < 4.78 is 32.7. The van der Waals surface area contributed by atoms with Crippen LogP contribution in [-0.4, -0.2) is 19.5 Å². The summed E-state index contributed by atoms with van der Waals surface area (Å²) in [5, 5.41) is 9.27. The zero-order valence-corrected chi connectivity index (χ0v) is 18.2. The Labute approximate surface area is 183 Å². The molecular formula is C24H21FN4OS. The van der Waals surface area contributed by atoms with Gasteiger partial charge in [-0.1, -0.05) is 24.3 Å². The SMILES string of the molecule is CC(C)(C)N[S+]([O-])c1ccccc1-c1ccc(-c2cn3c(C#N)cccc3n2)c(F)c1. The van der Waals surface area contributed by atoms with Gasteiger partial charge in [-0.05, 0) is 62.7 Å². The van der Waals surface area contributed by atoms with Gasteiger partial charge in [-0.15, -0.1) is 4.72 Å². The maximum atomic E-state index is 15.1. The van der Waals surface area contributed by atoms with E-state index in [4.69, 9.17) is 0 Å². The zero-order chi connectivity index (χ0) is 22.2. The van der Waals surface area contributed by atoms with Crippen LogP contribution in [0.1, 0.15) is 26.5 Å². The summed E-state index contributed by atoms with van der Waals surface area (Å²) in [4.78, 5) is 5.05. The van der Waals surface area contributed by atoms with Crippen LogP contribution in [-0.2, 0) is 11.4 Å². The van der Waals surface area contributed by atoms with Crippen molar-refractivity contribution >= 4 is 17.0 Å². The number of nitrogens with zero attached hydrogens (tertiary/aromatic N) is 3. The van der Waals surface area contributed by atoms with Crippen LogP contribution in [0.25, 0.3) is 28.0 Å². The van der Waals surface area contributed by atoms with Gasteiger partial charge in [-0.25, -0.2) is 9.37 Å². The fraction of sp³-hybridized carbons (Fsp3) is 0.167. The number of pyridine rings is 1. The molecule has 0 fully saturated rings. The number of halogens is 1. The molecule has 0 spiro atoms. The van der Waals surface area contributed by atoms with E-state index in [1.807, 2.05) is 39.0 Å². The lowest BCUT2D eigenvalue weighted by atomic mass is 10.0. The van der Waals surface area contributed by atoms with Crippen molar-refractivity contribution in [1.29, 1.82) is 5.26 Å². The molecule has 156 valence electrons. The lowest BCUT2D eigenvalue weighted by molar-refractivity contribution is 0.491. The molecule has 0 aliphatic rings. The highest BCUT2D eigenvalue weighted by molar-refractivity contribution is 7.89. The molecule has 1 unspecified atom stereocenters. The van der Waals surface area contributed by atoms with E-state index >= 15 is 4.39 Å². The Balaban J connectivity index is 1.74. The van der Waals surface area contributed by atoms with Gasteiger partial charge in [0.1, 0.15) is 23.2 Å². The van der Waals surface area contributed by atoms with Gasteiger partial charge in [0.15, 0.2) is 4.90 Å². The molecule has 0 bridgehead atoms. The monoisotopic (exact) mass is 432 g/mol. The van der Waals surface area contributed by atoms with Gasteiger partial charge in [0, 0.05) is 17.3 Å². The molecule has 0 saturated carbocycles. The molecule has 0 radical (unpaired) electrons. The van der Waals surface area contributed by atoms with E-state index in [-0.39, 0.29) is 5.54 Å². The molecule has 0 aliphatic carbocycles. The van der Waals surface area contributed by atoms with Crippen molar-refractivity contribution in [2.75, 3.05) is 0 Å². The minimum absolute atomic E-state index is 0.335. The summed E-state index contributed by atoms with van der Waals surface area (Å²) in [7, 11) is 0. The van der Waals surface area contributed by atoms with E-state index in [1.54, 1.807) is 47.0 Å². The zero-order valence-electron chi connectivity index (χ0n) is 17.4. The lowest BCUT2D eigenvalue weighted by Crippen LogP contribution is -2.40. The number of imidazole rings is 1. The van der Waals surface area contributed by atoms with E-state index in [1.165, 1.54) is 6.07 Å². The van der Waals surface area contributed by atoms with Crippen LogP contribution in [0.15, 0.2) is 71.8 Å². The van der Waals surface area contributed by atoms with Crippen molar-refractivity contribution < 1.29 is 8.94 Å². The van der Waals surface area contributed by atoms with Gasteiger partial charge >= 0.3 is 0 Å². The Morgan fingerprint density at radius 3 is 2.55 bits per heavy atom. The average molecular weight is 433 g/mol. The number of hydrogen-bond donors (Lipinski definition) is 1. The van der Waals surface area contributed by atoms with E-state index in [9.17, 15) is 9.81 Å². The first-order chi connectivity index (χ1) is 14.8. The number of rotatable bonds is 4. The third kappa shape index (κ3) is 4.32. The quantitative estimate of drug-likeness (QED) is 0.456. The summed E-state index contributed by atoms with van der Waals surface area (Å²) in [5.41, 5.74) is 2.77. The molecule has 0 saturated heterocycles. The van der Waals surface area contributed by atoms with Crippen LogP contribution < -0.4 is 4.72 Å². The normalized spacial score (nSPS) is 12.6. The minimum atomic E-state index is -1.45. The van der Waals surface area contributed by atoms with Gasteiger partial charge in [0.05, 0.1) is 22.6 Å². The largest absolute Gasteiger partial charge is 0.593 e. The van der Waals surface area contributed by atoms with Crippen molar-refractivity contribution in [3.05, 3.63) is 78.4 Å². The van der Waals surface area contributed by atoms with Crippen molar-refractivity contribution in [2.24, 2.45) is 0 Å².